The van der Waals surface area contributed by atoms with E-state index in [1.165, 1.54) is 23.8 Å². The number of benzene rings is 1. The second-order valence-electron chi connectivity index (χ2n) is 7.83. The average Bonchev–Trinajstić information content (AvgIpc) is 3.35. The van der Waals surface area contributed by atoms with Gasteiger partial charge in [0.25, 0.3) is 0 Å². The van der Waals surface area contributed by atoms with Crippen molar-refractivity contribution < 1.29 is 9.18 Å². The van der Waals surface area contributed by atoms with Gasteiger partial charge in [0, 0.05) is 12.6 Å². The fourth-order valence-corrected chi connectivity index (χ4v) is 3.45. The molecule has 5 heteroatoms. The summed E-state index contributed by atoms with van der Waals surface area (Å²) in [6.45, 7) is 5.41. The largest absolute Gasteiger partial charge is 0.369 e. The summed E-state index contributed by atoms with van der Waals surface area (Å²) in [5, 5.41) is 0. The number of halogens is 1. The molecule has 1 atom stereocenters. The van der Waals surface area contributed by atoms with Gasteiger partial charge in [0.1, 0.15) is 11.4 Å². The molecule has 24 heavy (non-hydrogen) atoms. The predicted octanol–water partition coefficient (Wildman–Crippen LogP) is 3.20. The van der Waals surface area contributed by atoms with E-state index in [-0.39, 0.29) is 17.7 Å². The van der Waals surface area contributed by atoms with Gasteiger partial charge in [-0.15, -0.1) is 0 Å². The zero-order valence-electron chi connectivity index (χ0n) is 14.9. The van der Waals surface area contributed by atoms with E-state index >= 15 is 0 Å². The molecule has 1 aliphatic heterocycles. The van der Waals surface area contributed by atoms with Crippen LogP contribution in [0.1, 0.15) is 51.2 Å². The van der Waals surface area contributed by atoms with Gasteiger partial charge in [0.2, 0.25) is 5.91 Å². The number of nitrogens with zero attached hydrogens (tertiary/aromatic N) is 2. The van der Waals surface area contributed by atoms with Gasteiger partial charge in [-0.3, -0.25) is 9.69 Å². The Bertz CT molecular complexity index is 709. The number of nitrogens with two attached hydrogens (primary N) is 1. The number of aryl methyl sites for hydroxylation is 1. The fourth-order valence-electron chi connectivity index (χ4n) is 3.45. The first-order valence-corrected chi connectivity index (χ1v) is 8.59. The lowest BCUT2D eigenvalue weighted by Crippen LogP contribution is -2.58. The van der Waals surface area contributed by atoms with E-state index in [0.717, 1.165) is 24.3 Å². The average molecular weight is 331 g/mol. The standard InChI is InChI=1S/C19H26FN3O/c1-18(2)16(24)23(4)17(21)22-19(18,3)14-11-13(9-10-15(14)20)8-7-12-5-6-12/h9-12H,5-8H2,1-4H3,(H2,21,22)/t19-/m1/s1. The molecule has 1 aliphatic carbocycles. The lowest BCUT2D eigenvalue weighted by Gasteiger charge is -2.46. The van der Waals surface area contributed by atoms with Crippen LogP contribution in [0.4, 0.5) is 4.39 Å². The second-order valence-corrected chi connectivity index (χ2v) is 7.83. The van der Waals surface area contributed by atoms with E-state index in [1.807, 2.05) is 12.1 Å². The summed E-state index contributed by atoms with van der Waals surface area (Å²) in [5.74, 6) is 0.462. The Labute approximate surface area is 142 Å². The monoisotopic (exact) mass is 331 g/mol. The van der Waals surface area contributed by atoms with Crippen LogP contribution in [0.25, 0.3) is 0 Å². The van der Waals surface area contributed by atoms with Crippen LogP contribution in [-0.4, -0.2) is 23.8 Å². The maximum absolute atomic E-state index is 14.7. The minimum atomic E-state index is -1.03. The molecule has 0 bridgehead atoms. The number of hydrogen-bond acceptors (Lipinski definition) is 3. The van der Waals surface area contributed by atoms with Crippen molar-refractivity contribution in [3.05, 3.63) is 35.1 Å². The van der Waals surface area contributed by atoms with Crippen LogP contribution in [-0.2, 0) is 16.8 Å². The zero-order chi connectivity index (χ0) is 17.7. The Morgan fingerprint density at radius 1 is 1.33 bits per heavy atom. The number of carbonyl (C=O) groups is 1. The van der Waals surface area contributed by atoms with E-state index in [0.29, 0.717) is 5.56 Å². The third kappa shape index (κ3) is 2.60. The van der Waals surface area contributed by atoms with Gasteiger partial charge in [0.15, 0.2) is 5.96 Å². The molecule has 2 N–H and O–H groups in total. The highest BCUT2D eigenvalue weighted by atomic mass is 19.1. The Morgan fingerprint density at radius 3 is 2.62 bits per heavy atom. The zero-order valence-corrected chi connectivity index (χ0v) is 14.9. The number of rotatable bonds is 4. The molecular formula is C19H26FN3O. The number of hydrogen-bond donors (Lipinski definition) is 1. The van der Waals surface area contributed by atoms with Crippen molar-refractivity contribution in [2.45, 2.75) is 52.0 Å². The number of guanidine groups is 1. The molecule has 0 radical (unpaired) electrons. The topological polar surface area (TPSA) is 58.7 Å². The first-order valence-electron chi connectivity index (χ1n) is 8.59. The van der Waals surface area contributed by atoms with E-state index < -0.39 is 11.0 Å². The third-order valence-electron chi connectivity index (χ3n) is 5.83. The van der Waals surface area contributed by atoms with Gasteiger partial charge in [0.05, 0.1) is 5.41 Å². The van der Waals surface area contributed by atoms with Crippen molar-refractivity contribution >= 4 is 11.9 Å². The van der Waals surface area contributed by atoms with Gasteiger partial charge in [-0.25, -0.2) is 9.38 Å². The van der Waals surface area contributed by atoms with Crippen LogP contribution in [0.5, 0.6) is 0 Å². The minimum Gasteiger partial charge on any atom is -0.369 e. The van der Waals surface area contributed by atoms with E-state index in [1.54, 1.807) is 27.8 Å². The van der Waals surface area contributed by atoms with Gasteiger partial charge >= 0.3 is 0 Å². The van der Waals surface area contributed by atoms with E-state index in [4.69, 9.17) is 5.73 Å². The molecule has 0 saturated heterocycles. The SMILES string of the molecule is CN1C(=O)C(C)(C)[C@@](C)(c2cc(CCC3CC3)ccc2F)N=C1N. The summed E-state index contributed by atoms with van der Waals surface area (Å²) >= 11 is 0. The van der Waals surface area contributed by atoms with Crippen LogP contribution in [0, 0.1) is 17.2 Å². The highest BCUT2D eigenvalue weighted by molar-refractivity contribution is 6.01. The van der Waals surface area contributed by atoms with Crippen LogP contribution in [0.3, 0.4) is 0 Å². The van der Waals surface area contributed by atoms with Crippen molar-refractivity contribution in [1.29, 1.82) is 0 Å². The Kier molecular flexibility index (Phi) is 3.93. The number of aliphatic imine (C=N–C) groups is 1. The molecule has 2 aliphatic rings. The molecule has 1 heterocycles. The van der Waals surface area contributed by atoms with Gasteiger partial charge < -0.3 is 5.73 Å². The van der Waals surface area contributed by atoms with Crippen molar-refractivity contribution in [3.63, 3.8) is 0 Å². The van der Waals surface area contributed by atoms with E-state index in [2.05, 4.69) is 4.99 Å². The minimum absolute atomic E-state index is 0.129. The van der Waals surface area contributed by atoms with Crippen molar-refractivity contribution in [3.8, 4) is 0 Å². The highest BCUT2D eigenvalue weighted by Crippen LogP contribution is 2.47. The lowest BCUT2D eigenvalue weighted by molar-refractivity contribution is -0.140. The molecule has 1 aromatic carbocycles. The van der Waals surface area contributed by atoms with Crippen molar-refractivity contribution in [1.82, 2.24) is 4.90 Å². The molecule has 4 nitrogen and oxygen atoms in total. The molecule has 1 fully saturated rings. The number of amides is 1. The van der Waals surface area contributed by atoms with Crippen LogP contribution < -0.4 is 5.73 Å². The molecule has 0 unspecified atom stereocenters. The van der Waals surface area contributed by atoms with Crippen LogP contribution >= 0.6 is 0 Å². The Hall–Kier alpha value is -1.91. The van der Waals surface area contributed by atoms with Gasteiger partial charge in [-0.2, -0.15) is 0 Å². The van der Waals surface area contributed by atoms with E-state index in [9.17, 15) is 9.18 Å². The summed E-state index contributed by atoms with van der Waals surface area (Å²) in [7, 11) is 1.60. The third-order valence-corrected chi connectivity index (χ3v) is 5.83. The first kappa shape index (κ1) is 16.9. The summed E-state index contributed by atoms with van der Waals surface area (Å²) in [6.07, 6.45) is 4.68. The molecule has 1 amide bonds. The second kappa shape index (κ2) is 5.57. The quantitative estimate of drug-likeness (QED) is 0.921. The molecule has 1 aromatic rings. The normalized spacial score (nSPS) is 26.5. The lowest BCUT2D eigenvalue weighted by atomic mass is 9.67. The predicted molar refractivity (Wildman–Crippen MR) is 93.0 cm³/mol. The van der Waals surface area contributed by atoms with Gasteiger partial charge in [-0.05, 0) is 51.2 Å². The van der Waals surface area contributed by atoms with Gasteiger partial charge in [-0.1, -0.05) is 25.0 Å². The smallest absolute Gasteiger partial charge is 0.237 e. The summed E-state index contributed by atoms with van der Waals surface area (Å²) in [4.78, 5) is 18.6. The molecular weight excluding hydrogens is 305 g/mol. The van der Waals surface area contributed by atoms with Crippen LogP contribution in [0.15, 0.2) is 23.2 Å². The Morgan fingerprint density at radius 2 is 2.00 bits per heavy atom. The van der Waals surface area contributed by atoms with Crippen LogP contribution in [0.2, 0.25) is 0 Å². The molecule has 3 rings (SSSR count). The first-order chi connectivity index (χ1) is 11.2. The number of carbonyl (C=O) groups excluding carboxylic acids is 1. The summed E-state index contributed by atoms with van der Waals surface area (Å²) in [6, 6.07) is 5.20. The summed E-state index contributed by atoms with van der Waals surface area (Å²) in [5.41, 5.74) is 5.56. The molecule has 0 aromatic heterocycles. The maximum Gasteiger partial charge on any atom is 0.237 e. The maximum atomic E-state index is 14.7. The van der Waals surface area contributed by atoms with Crippen molar-refractivity contribution in [2.24, 2.45) is 22.1 Å². The fraction of sp³-hybridized carbons (Fsp3) is 0.579. The Balaban J connectivity index is 2.04. The molecule has 130 valence electrons. The highest BCUT2D eigenvalue weighted by Gasteiger charge is 2.53. The molecule has 1 saturated carbocycles. The van der Waals surface area contributed by atoms with Crippen molar-refractivity contribution in [2.75, 3.05) is 7.05 Å². The summed E-state index contributed by atoms with van der Waals surface area (Å²) < 4.78 is 14.7. The molecule has 0 spiro atoms.